The van der Waals surface area contributed by atoms with Crippen LogP contribution in [0.2, 0.25) is 24.2 Å². The first-order valence-corrected chi connectivity index (χ1v) is 13.9. The van der Waals surface area contributed by atoms with Crippen LogP contribution in [0.25, 0.3) is 0 Å². The summed E-state index contributed by atoms with van der Waals surface area (Å²) < 4.78 is 0. The predicted octanol–water partition coefficient (Wildman–Crippen LogP) is 3.95. The standard InChI is InChI=1S/C20H48N4Si/c21-13-5-1-9-17-25(18-10-2-6-14-22,19-11-3-7-15-23)20-12-4-8-16-24/h1-24H2. The summed E-state index contributed by atoms with van der Waals surface area (Å²) in [6.07, 6.45) is 15.6. The minimum atomic E-state index is -1.16. The van der Waals surface area contributed by atoms with Crippen LogP contribution in [0.4, 0.5) is 0 Å². The van der Waals surface area contributed by atoms with Gasteiger partial charge in [0.1, 0.15) is 0 Å². The minimum absolute atomic E-state index is 0.845. The molecule has 4 nitrogen and oxygen atoms in total. The second-order valence-corrected chi connectivity index (χ2v) is 12.9. The van der Waals surface area contributed by atoms with E-state index in [1.54, 1.807) is 0 Å². The van der Waals surface area contributed by atoms with Gasteiger partial charge < -0.3 is 22.9 Å². The summed E-state index contributed by atoms with van der Waals surface area (Å²) in [4.78, 5) is 0. The first-order valence-electron chi connectivity index (χ1n) is 11.0. The number of hydrogen-bond acceptors (Lipinski definition) is 4. The summed E-state index contributed by atoms with van der Waals surface area (Å²) in [7, 11) is -1.16. The highest BCUT2D eigenvalue weighted by atomic mass is 28.3. The van der Waals surface area contributed by atoms with Gasteiger partial charge in [-0.05, 0) is 51.9 Å². The number of rotatable bonds is 20. The van der Waals surface area contributed by atoms with E-state index in [0.717, 1.165) is 26.2 Å². The van der Waals surface area contributed by atoms with Crippen molar-refractivity contribution in [3.8, 4) is 0 Å². The van der Waals surface area contributed by atoms with E-state index < -0.39 is 8.07 Å². The molecule has 0 rings (SSSR count). The zero-order valence-corrected chi connectivity index (χ0v) is 18.0. The average Bonchev–Trinajstić information content (AvgIpc) is 2.63. The van der Waals surface area contributed by atoms with Crippen molar-refractivity contribution in [2.75, 3.05) is 26.2 Å². The molecule has 5 heteroatoms. The van der Waals surface area contributed by atoms with Crippen LogP contribution in [0, 0.1) is 0 Å². The summed E-state index contributed by atoms with van der Waals surface area (Å²) >= 11 is 0. The van der Waals surface area contributed by atoms with Crippen molar-refractivity contribution >= 4 is 8.07 Å². The lowest BCUT2D eigenvalue weighted by atomic mass is 10.2. The van der Waals surface area contributed by atoms with Crippen LogP contribution >= 0.6 is 0 Å². The molecule has 0 saturated carbocycles. The van der Waals surface area contributed by atoms with Gasteiger partial charge in [-0.2, -0.15) is 0 Å². The highest BCUT2D eigenvalue weighted by molar-refractivity contribution is 6.79. The third-order valence-corrected chi connectivity index (χ3v) is 11.3. The first-order chi connectivity index (χ1) is 12.2. The zero-order chi connectivity index (χ0) is 18.6. The van der Waals surface area contributed by atoms with Gasteiger partial charge >= 0.3 is 0 Å². The Morgan fingerprint density at radius 3 is 0.760 bits per heavy atom. The highest BCUT2D eigenvalue weighted by Crippen LogP contribution is 2.34. The van der Waals surface area contributed by atoms with Crippen LogP contribution in [0.15, 0.2) is 0 Å². The molecule has 0 aromatic rings. The van der Waals surface area contributed by atoms with Crippen molar-refractivity contribution in [1.29, 1.82) is 0 Å². The molecule has 0 aliphatic rings. The van der Waals surface area contributed by atoms with E-state index in [4.69, 9.17) is 22.9 Å². The Morgan fingerprint density at radius 1 is 0.320 bits per heavy atom. The normalized spacial score (nSPS) is 12.0. The number of hydrogen-bond donors (Lipinski definition) is 4. The van der Waals surface area contributed by atoms with E-state index in [0.29, 0.717) is 0 Å². The molecule has 0 unspecified atom stereocenters. The maximum Gasteiger partial charge on any atom is 0.0535 e. The Kier molecular flexibility index (Phi) is 18.9. The second-order valence-electron chi connectivity index (χ2n) is 7.90. The Morgan fingerprint density at radius 2 is 0.560 bits per heavy atom. The van der Waals surface area contributed by atoms with Crippen LogP contribution < -0.4 is 22.9 Å². The average molecular weight is 373 g/mol. The van der Waals surface area contributed by atoms with Gasteiger partial charge in [-0.1, -0.05) is 75.5 Å². The Balaban J connectivity index is 4.62. The maximum absolute atomic E-state index is 5.69. The fraction of sp³-hybridized carbons (Fsp3) is 1.00. The first kappa shape index (κ1) is 25.1. The SMILES string of the molecule is NCCCCC[Si](CCCCCN)(CCCCCN)CCCCCN. The molecule has 152 valence electrons. The summed E-state index contributed by atoms with van der Waals surface area (Å²) in [6, 6.07) is 6.06. The minimum Gasteiger partial charge on any atom is -0.330 e. The van der Waals surface area contributed by atoms with E-state index in [2.05, 4.69) is 0 Å². The molecule has 0 bridgehead atoms. The van der Waals surface area contributed by atoms with Crippen LogP contribution in [-0.2, 0) is 0 Å². The Bertz CT molecular complexity index is 211. The van der Waals surface area contributed by atoms with Crippen molar-refractivity contribution in [2.45, 2.75) is 101 Å². The van der Waals surface area contributed by atoms with Gasteiger partial charge in [0, 0.05) is 0 Å². The van der Waals surface area contributed by atoms with E-state index in [1.165, 1.54) is 101 Å². The van der Waals surface area contributed by atoms with E-state index in [-0.39, 0.29) is 0 Å². The lowest BCUT2D eigenvalue weighted by Crippen LogP contribution is -2.34. The third kappa shape index (κ3) is 14.9. The monoisotopic (exact) mass is 372 g/mol. The van der Waals surface area contributed by atoms with Crippen molar-refractivity contribution in [3.05, 3.63) is 0 Å². The number of unbranched alkanes of at least 4 members (excludes halogenated alkanes) is 8. The number of nitrogens with two attached hydrogens (primary N) is 4. The Hall–Kier alpha value is 0.0569. The molecular formula is C20H48N4Si. The fourth-order valence-electron chi connectivity index (χ4n) is 4.03. The van der Waals surface area contributed by atoms with Gasteiger partial charge in [-0.25, -0.2) is 0 Å². The third-order valence-electron chi connectivity index (χ3n) is 5.64. The predicted molar refractivity (Wildman–Crippen MR) is 117 cm³/mol. The Labute approximate surface area is 158 Å². The molecule has 0 radical (unpaired) electrons. The van der Waals surface area contributed by atoms with Crippen LogP contribution in [-0.4, -0.2) is 34.3 Å². The molecule has 0 aliphatic carbocycles. The molecule has 25 heavy (non-hydrogen) atoms. The molecule has 0 fully saturated rings. The van der Waals surface area contributed by atoms with Crippen LogP contribution in [0.5, 0.6) is 0 Å². The molecule has 0 spiro atoms. The largest absolute Gasteiger partial charge is 0.330 e. The summed E-state index contributed by atoms with van der Waals surface area (Å²) in [6.45, 7) is 3.38. The summed E-state index contributed by atoms with van der Waals surface area (Å²) in [5, 5.41) is 0. The molecule has 0 aromatic heterocycles. The molecule has 0 heterocycles. The zero-order valence-electron chi connectivity index (χ0n) is 17.0. The van der Waals surface area contributed by atoms with Gasteiger partial charge in [0.2, 0.25) is 0 Å². The van der Waals surface area contributed by atoms with Crippen molar-refractivity contribution in [1.82, 2.24) is 0 Å². The van der Waals surface area contributed by atoms with Gasteiger partial charge in [-0.3, -0.25) is 0 Å². The van der Waals surface area contributed by atoms with Crippen molar-refractivity contribution < 1.29 is 0 Å². The molecule has 8 N–H and O–H groups in total. The molecular weight excluding hydrogens is 324 g/mol. The molecule has 0 aliphatic heterocycles. The van der Waals surface area contributed by atoms with Gasteiger partial charge in [0.15, 0.2) is 0 Å². The van der Waals surface area contributed by atoms with E-state index >= 15 is 0 Å². The smallest absolute Gasteiger partial charge is 0.0535 e. The molecule has 0 atom stereocenters. The van der Waals surface area contributed by atoms with Crippen molar-refractivity contribution in [2.24, 2.45) is 22.9 Å². The highest BCUT2D eigenvalue weighted by Gasteiger charge is 2.30. The fourth-order valence-corrected chi connectivity index (χ4v) is 9.53. The van der Waals surface area contributed by atoms with Crippen LogP contribution in [0.3, 0.4) is 0 Å². The van der Waals surface area contributed by atoms with Gasteiger partial charge in [0.05, 0.1) is 8.07 Å². The summed E-state index contributed by atoms with van der Waals surface area (Å²) in [5.74, 6) is 0. The summed E-state index contributed by atoms with van der Waals surface area (Å²) in [5.41, 5.74) is 22.8. The lowest BCUT2D eigenvalue weighted by molar-refractivity contribution is 0.667. The lowest BCUT2D eigenvalue weighted by Gasteiger charge is -2.33. The molecule has 0 saturated heterocycles. The molecule has 0 aromatic carbocycles. The second kappa shape index (κ2) is 18.8. The van der Waals surface area contributed by atoms with Crippen molar-refractivity contribution in [3.63, 3.8) is 0 Å². The van der Waals surface area contributed by atoms with Gasteiger partial charge in [0.25, 0.3) is 0 Å². The van der Waals surface area contributed by atoms with E-state index in [9.17, 15) is 0 Å². The quantitative estimate of drug-likeness (QED) is 0.192. The van der Waals surface area contributed by atoms with Gasteiger partial charge in [-0.15, -0.1) is 0 Å². The van der Waals surface area contributed by atoms with Crippen LogP contribution in [0.1, 0.15) is 77.0 Å². The van der Waals surface area contributed by atoms with E-state index in [1.807, 2.05) is 0 Å². The molecule has 0 amide bonds. The topological polar surface area (TPSA) is 104 Å². The maximum atomic E-state index is 5.69.